The lowest BCUT2D eigenvalue weighted by atomic mass is 10.1. The van der Waals surface area contributed by atoms with Crippen molar-refractivity contribution in [2.75, 3.05) is 6.54 Å². The predicted molar refractivity (Wildman–Crippen MR) is 119 cm³/mol. The smallest absolute Gasteiger partial charge is 0.242 e. The third kappa shape index (κ3) is 7.22. The van der Waals surface area contributed by atoms with Crippen LogP contribution in [0.2, 0.25) is 15.1 Å². The molecular weight excluding hydrogens is 431 g/mol. The zero-order chi connectivity index (χ0) is 21.6. The zero-order valence-corrected chi connectivity index (χ0v) is 19.0. The SMILES string of the molecule is CC(C)CNC(=O)C(C)N(Cc1ccc(Cl)cc1)C(=O)Cc1ccc(Cl)c(Cl)c1. The molecule has 0 aliphatic heterocycles. The number of rotatable bonds is 8. The summed E-state index contributed by atoms with van der Waals surface area (Å²) in [5.41, 5.74) is 1.63. The summed E-state index contributed by atoms with van der Waals surface area (Å²) in [7, 11) is 0. The van der Waals surface area contributed by atoms with Crippen molar-refractivity contribution in [2.45, 2.75) is 39.8 Å². The molecule has 2 aromatic carbocycles. The minimum absolute atomic E-state index is 0.117. The van der Waals surface area contributed by atoms with E-state index in [9.17, 15) is 9.59 Å². The number of halogens is 3. The maximum Gasteiger partial charge on any atom is 0.242 e. The van der Waals surface area contributed by atoms with Gasteiger partial charge in [0.15, 0.2) is 0 Å². The van der Waals surface area contributed by atoms with E-state index in [1.807, 2.05) is 26.0 Å². The number of hydrogen-bond acceptors (Lipinski definition) is 2. The lowest BCUT2D eigenvalue weighted by Gasteiger charge is -2.29. The average Bonchev–Trinajstić information content (AvgIpc) is 2.67. The minimum Gasteiger partial charge on any atom is -0.354 e. The third-order valence-electron chi connectivity index (χ3n) is 4.46. The Labute approximate surface area is 187 Å². The lowest BCUT2D eigenvalue weighted by molar-refractivity contribution is -0.140. The first kappa shape index (κ1) is 23.5. The van der Waals surface area contributed by atoms with E-state index < -0.39 is 6.04 Å². The predicted octanol–water partition coefficient (Wildman–Crippen LogP) is 5.38. The molecule has 2 amide bonds. The van der Waals surface area contributed by atoms with Crippen molar-refractivity contribution in [3.05, 3.63) is 68.7 Å². The van der Waals surface area contributed by atoms with Gasteiger partial charge in [0.2, 0.25) is 11.8 Å². The van der Waals surface area contributed by atoms with Crippen LogP contribution < -0.4 is 5.32 Å². The highest BCUT2D eigenvalue weighted by atomic mass is 35.5. The van der Waals surface area contributed by atoms with E-state index >= 15 is 0 Å². The molecule has 2 rings (SSSR count). The normalized spacial score (nSPS) is 12.0. The topological polar surface area (TPSA) is 49.4 Å². The molecule has 0 saturated heterocycles. The molecule has 0 aliphatic rings. The highest BCUT2D eigenvalue weighted by Gasteiger charge is 2.26. The first-order valence-electron chi connectivity index (χ1n) is 9.43. The van der Waals surface area contributed by atoms with Gasteiger partial charge in [0.05, 0.1) is 16.5 Å². The molecule has 0 heterocycles. The number of nitrogens with zero attached hydrogens (tertiary/aromatic N) is 1. The summed E-state index contributed by atoms with van der Waals surface area (Å²) < 4.78 is 0. The van der Waals surface area contributed by atoms with Crippen LogP contribution in [0.15, 0.2) is 42.5 Å². The number of carbonyl (C=O) groups excluding carboxylic acids is 2. The van der Waals surface area contributed by atoms with Crippen molar-refractivity contribution in [2.24, 2.45) is 5.92 Å². The summed E-state index contributed by atoms with van der Waals surface area (Å²) in [6.45, 7) is 6.63. The Kier molecular flexibility index (Phi) is 8.81. The fourth-order valence-corrected chi connectivity index (χ4v) is 3.19. The zero-order valence-electron chi connectivity index (χ0n) is 16.7. The van der Waals surface area contributed by atoms with Crippen LogP contribution >= 0.6 is 34.8 Å². The van der Waals surface area contributed by atoms with E-state index in [2.05, 4.69) is 5.32 Å². The molecule has 1 N–H and O–H groups in total. The first-order valence-corrected chi connectivity index (χ1v) is 10.6. The van der Waals surface area contributed by atoms with Gasteiger partial charge in [-0.25, -0.2) is 0 Å². The Morgan fingerprint density at radius 3 is 2.14 bits per heavy atom. The van der Waals surface area contributed by atoms with Crippen molar-refractivity contribution in [1.82, 2.24) is 10.2 Å². The van der Waals surface area contributed by atoms with E-state index in [-0.39, 0.29) is 18.2 Å². The fraction of sp³-hybridized carbons (Fsp3) is 0.364. The van der Waals surface area contributed by atoms with Crippen molar-refractivity contribution < 1.29 is 9.59 Å². The lowest BCUT2D eigenvalue weighted by Crippen LogP contribution is -2.48. The van der Waals surface area contributed by atoms with Gasteiger partial charge in [0.25, 0.3) is 0 Å². The van der Waals surface area contributed by atoms with Crippen LogP contribution in [-0.2, 0) is 22.6 Å². The van der Waals surface area contributed by atoms with E-state index in [0.717, 1.165) is 11.1 Å². The largest absolute Gasteiger partial charge is 0.354 e. The van der Waals surface area contributed by atoms with Crippen LogP contribution in [0.1, 0.15) is 31.9 Å². The number of hydrogen-bond donors (Lipinski definition) is 1. The van der Waals surface area contributed by atoms with Crippen LogP contribution in [-0.4, -0.2) is 29.3 Å². The Morgan fingerprint density at radius 2 is 1.55 bits per heavy atom. The van der Waals surface area contributed by atoms with E-state index in [0.29, 0.717) is 34.1 Å². The maximum atomic E-state index is 13.1. The first-order chi connectivity index (χ1) is 13.7. The second kappa shape index (κ2) is 10.9. The van der Waals surface area contributed by atoms with Crippen LogP contribution in [0.4, 0.5) is 0 Å². The molecule has 0 fully saturated rings. The summed E-state index contributed by atoms with van der Waals surface area (Å²) in [6, 6.07) is 11.7. The van der Waals surface area contributed by atoms with Gasteiger partial charge >= 0.3 is 0 Å². The molecule has 0 aromatic heterocycles. The molecule has 7 heteroatoms. The number of carbonyl (C=O) groups is 2. The van der Waals surface area contributed by atoms with Gasteiger partial charge in [-0.05, 0) is 48.2 Å². The highest BCUT2D eigenvalue weighted by molar-refractivity contribution is 6.42. The van der Waals surface area contributed by atoms with Gasteiger partial charge in [-0.3, -0.25) is 9.59 Å². The summed E-state index contributed by atoms with van der Waals surface area (Å²) in [5.74, 6) is -0.0385. The monoisotopic (exact) mass is 454 g/mol. The molecule has 1 unspecified atom stereocenters. The third-order valence-corrected chi connectivity index (χ3v) is 5.45. The van der Waals surface area contributed by atoms with E-state index in [1.165, 1.54) is 0 Å². The second-order valence-corrected chi connectivity index (χ2v) is 8.64. The Morgan fingerprint density at radius 1 is 0.931 bits per heavy atom. The van der Waals surface area contributed by atoms with Crippen LogP contribution in [0.3, 0.4) is 0 Å². The van der Waals surface area contributed by atoms with E-state index in [1.54, 1.807) is 42.2 Å². The van der Waals surface area contributed by atoms with Crippen molar-refractivity contribution in [3.63, 3.8) is 0 Å². The minimum atomic E-state index is -0.625. The standard InChI is InChI=1S/C22H25Cl3N2O2/c1-14(2)12-26-22(29)15(3)27(13-16-4-7-18(23)8-5-16)21(28)11-17-6-9-19(24)20(25)10-17/h4-10,14-15H,11-13H2,1-3H3,(H,26,29). The van der Waals surface area contributed by atoms with Crippen LogP contribution in [0, 0.1) is 5.92 Å². The maximum absolute atomic E-state index is 13.1. The molecule has 0 spiro atoms. The fourth-order valence-electron chi connectivity index (χ4n) is 2.75. The van der Waals surface area contributed by atoms with Gasteiger partial charge in [-0.1, -0.05) is 66.8 Å². The number of benzene rings is 2. The van der Waals surface area contributed by atoms with Gasteiger partial charge in [-0.2, -0.15) is 0 Å². The average molecular weight is 456 g/mol. The molecule has 2 aromatic rings. The van der Waals surface area contributed by atoms with Gasteiger partial charge in [0.1, 0.15) is 6.04 Å². The Hall–Kier alpha value is -1.75. The quantitative estimate of drug-likeness (QED) is 0.581. The number of nitrogens with one attached hydrogen (secondary N) is 1. The molecule has 4 nitrogen and oxygen atoms in total. The highest BCUT2D eigenvalue weighted by Crippen LogP contribution is 2.23. The van der Waals surface area contributed by atoms with Crippen molar-refractivity contribution in [1.29, 1.82) is 0 Å². The van der Waals surface area contributed by atoms with Crippen molar-refractivity contribution >= 4 is 46.6 Å². The molecular formula is C22H25Cl3N2O2. The molecule has 29 heavy (non-hydrogen) atoms. The molecule has 0 aliphatic carbocycles. The van der Waals surface area contributed by atoms with Gasteiger partial charge in [0, 0.05) is 18.1 Å². The van der Waals surface area contributed by atoms with Crippen LogP contribution in [0.25, 0.3) is 0 Å². The molecule has 0 saturated carbocycles. The van der Waals surface area contributed by atoms with E-state index in [4.69, 9.17) is 34.8 Å². The summed E-state index contributed by atoms with van der Waals surface area (Å²) in [6.07, 6.45) is 0.117. The molecule has 0 radical (unpaired) electrons. The summed E-state index contributed by atoms with van der Waals surface area (Å²) in [5, 5.41) is 4.34. The molecule has 0 bridgehead atoms. The second-order valence-electron chi connectivity index (χ2n) is 7.39. The summed E-state index contributed by atoms with van der Waals surface area (Å²) >= 11 is 18.0. The van der Waals surface area contributed by atoms with Crippen LogP contribution in [0.5, 0.6) is 0 Å². The molecule has 156 valence electrons. The summed E-state index contributed by atoms with van der Waals surface area (Å²) in [4.78, 5) is 27.3. The van der Waals surface area contributed by atoms with Crippen molar-refractivity contribution in [3.8, 4) is 0 Å². The Balaban J connectivity index is 2.21. The number of amides is 2. The van der Waals surface area contributed by atoms with Gasteiger partial charge in [-0.15, -0.1) is 0 Å². The molecule has 1 atom stereocenters. The van der Waals surface area contributed by atoms with Gasteiger partial charge < -0.3 is 10.2 Å². The Bertz CT molecular complexity index is 854.